The number of nitrogens with zero attached hydrogens (tertiary/aromatic N) is 1. The Morgan fingerprint density at radius 2 is 1.95 bits per heavy atom. The van der Waals surface area contributed by atoms with Crippen molar-refractivity contribution in [2.24, 2.45) is 22.7 Å². The van der Waals surface area contributed by atoms with Crippen molar-refractivity contribution >= 4 is 15.9 Å². The van der Waals surface area contributed by atoms with Crippen LogP contribution in [-0.2, 0) is 14.8 Å². The first-order valence-electron chi connectivity index (χ1n) is 8.24. The van der Waals surface area contributed by atoms with Gasteiger partial charge in [0, 0.05) is 5.41 Å². The van der Waals surface area contributed by atoms with Gasteiger partial charge in [-0.15, -0.1) is 0 Å². The second-order valence-electron chi connectivity index (χ2n) is 8.29. The fourth-order valence-electron chi connectivity index (χ4n) is 5.35. The molecule has 1 saturated heterocycles. The van der Waals surface area contributed by atoms with Crippen molar-refractivity contribution < 1.29 is 13.2 Å². The lowest BCUT2D eigenvalue weighted by atomic mass is 9.69. The maximum Gasteiger partial charge on any atom is 0.242 e. The Hall–Kier alpha value is -0.840. The van der Waals surface area contributed by atoms with Crippen LogP contribution >= 0.6 is 0 Å². The molecule has 2 bridgehead atoms. The molecule has 0 N–H and O–H groups in total. The van der Waals surface area contributed by atoms with Crippen molar-refractivity contribution in [2.75, 3.05) is 5.75 Å². The fraction of sp³-hybridized carbons (Fsp3) is 0.824. The van der Waals surface area contributed by atoms with E-state index >= 15 is 0 Å². The van der Waals surface area contributed by atoms with E-state index in [1.165, 1.54) is 4.31 Å². The molecule has 3 rings (SSSR count). The summed E-state index contributed by atoms with van der Waals surface area (Å²) in [6, 6.07) is -0.119. The van der Waals surface area contributed by atoms with Crippen LogP contribution in [0.25, 0.3) is 0 Å². The zero-order chi connectivity index (χ0) is 16.5. The molecule has 1 spiro atoms. The second-order valence-corrected chi connectivity index (χ2v) is 10.1. The fourth-order valence-corrected chi connectivity index (χ4v) is 7.97. The van der Waals surface area contributed by atoms with Gasteiger partial charge in [0.25, 0.3) is 0 Å². The summed E-state index contributed by atoms with van der Waals surface area (Å²) >= 11 is 0. The highest BCUT2D eigenvalue weighted by atomic mass is 32.2. The van der Waals surface area contributed by atoms with Gasteiger partial charge in [0.05, 0.1) is 17.7 Å². The quantitative estimate of drug-likeness (QED) is 0.734. The molecule has 1 amide bonds. The van der Waals surface area contributed by atoms with E-state index in [9.17, 15) is 13.2 Å². The summed E-state index contributed by atoms with van der Waals surface area (Å²) in [6.45, 7) is 10.1. The molecule has 0 aromatic carbocycles. The van der Waals surface area contributed by atoms with Crippen LogP contribution in [0.4, 0.5) is 0 Å². The Bertz CT molecular complexity index is 645. The minimum atomic E-state index is -3.49. The van der Waals surface area contributed by atoms with E-state index in [0.717, 1.165) is 24.8 Å². The summed E-state index contributed by atoms with van der Waals surface area (Å²) in [5.74, 6) is 0.0761. The van der Waals surface area contributed by atoms with Crippen LogP contribution in [0.1, 0.15) is 53.9 Å². The molecule has 3 aliphatic rings. The van der Waals surface area contributed by atoms with Crippen LogP contribution in [0.5, 0.6) is 0 Å². The third-order valence-electron chi connectivity index (χ3n) is 6.60. The third-order valence-corrected chi connectivity index (χ3v) is 8.51. The molecule has 22 heavy (non-hydrogen) atoms. The highest BCUT2D eigenvalue weighted by Gasteiger charge is 2.72. The highest BCUT2D eigenvalue weighted by Crippen LogP contribution is 2.70. The van der Waals surface area contributed by atoms with Gasteiger partial charge in [-0.05, 0) is 44.4 Å². The first kappa shape index (κ1) is 16.0. The molecular formula is C17H27NO3S. The van der Waals surface area contributed by atoms with Crippen LogP contribution < -0.4 is 0 Å². The second kappa shape index (κ2) is 4.59. The maximum absolute atomic E-state index is 12.8. The van der Waals surface area contributed by atoms with E-state index < -0.39 is 10.0 Å². The van der Waals surface area contributed by atoms with Crippen molar-refractivity contribution in [1.82, 2.24) is 4.31 Å². The molecule has 1 heterocycles. The Kier molecular flexibility index (Phi) is 3.34. The number of fused-ring (bicyclic) bond motifs is 1. The number of rotatable bonds is 2. The molecule has 3 fully saturated rings. The normalized spacial score (nSPS) is 38.7. The van der Waals surface area contributed by atoms with Gasteiger partial charge in [-0.2, -0.15) is 0 Å². The average molecular weight is 325 g/mol. The molecule has 0 radical (unpaired) electrons. The van der Waals surface area contributed by atoms with Crippen molar-refractivity contribution in [3.05, 3.63) is 11.6 Å². The molecular weight excluding hydrogens is 298 g/mol. The standard InChI is InChI=1S/C17H27NO3S/c1-11(2)8-12(3)15(19)18-14-9-13-6-7-17(14,16(13,4)5)10-22(18,20)21/h8,12-14H,6-7,9-10H2,1-5H3/t12-,13-,14-,17-/m1/s1. The lowest BCUT2D eigenvalue weighted by molar-refractivity contribution is -0.131. The lowest BCUT2D eigenvalue weighted by Gasteiger charge is -2.37. The van der Waals surface area contributed by atoms with Gasteiger partial charge in [-0.25, -0.2) is 12.7 Å². The first-order chi connectivity index (χ1) is 10.0. The van der Waals surface area contributed by atoms with Gasteiger partial charge in [0.1, 0.15) is 0 Å². The summed E-state index contributed by atoms with van der Waals surface area (Å²) in [4.78, 5) is 12.8. The van der Waals surface area contributed by atoms with Crippen LogP contribution in [0, 0.1) is 22.7 Å². The van der Waals surface area contributed by atoms with Crippen molar-refractivity contribution in [2.45, 2.75) is 59.9 Å². The summed E-state index contributed by atoms with van der Waals surface area (Å²) in [5, 5.41) is 0. The van der Waals surface area contributed by atoms with Crippen molar-refractivity contribution in [3.8, 4) is 0 Å². The number of sulfonamides is 1. The lowest BCUT2D eigenvalue weighted by Crippen LogP contribution is -2.45. The van der Waals surface area contributed by atoms with Gasteiger partial charge >= 0.3 is 0 Å². The molecule has 4 nitrogen and oxygen atoms in total. The van der Waals surface area contributed by atoms with E-state index in [-0.39, 0.29) is 34.4 Å². The molecule has 4 atom stereocenters. The average Bonchev–Trinajstić information content (AvgIpc) is 2.83. The summed E-state index contributed by atoms with van der Waals surface area (Å²) in [5.41, 5.74) is 0.830. The summed E-state index contributed by atoms with van der Waals surface area (Å²) < 4.78 is 26.8. The van der Waals surface area contributed by atoms with Crippen LogP contribution in [0.3, 0.4) is 0 Å². The van der Waals surface area contributed by atoms with Gasteiger partial charge in [0.2, 0.25) is 15.9 Å². The van der Waals surface area contributed by atoms with Crippen LogP contribution in [0.15, 0.2) is 11.6 Å². The monoisotopic (exact) mass is 325 g/mol. The Labute approximate surface area is 134 Å². The van der Waals surface area contributed by atoms with E-state index in [2.05, 4.69) is 13.8 Å². The Balaban J connectivity index is 2.00. The number of amides is 1. The van der Waals surface area contributed by atoms with Gasteiger partial charge in [0.15, 0.2) is 0 Å². The first-order valence-corrected chi connectivity index (χ1v) is 9.85. The minimum Gasteiger partial charge on any atom is -0.273 e. The minimum absolute atomic E-state index is 0.0134. The highest BCUT2D eigenvalue weighted by molar-refractivity contribution is 7.90. The number of allylic oxidation sites excluding steroid dienone is 1. The van der Waals surface area contributed by atoms with Gasteiger partial charge in [-0.3, -0.25) is 4.79 Å². The number of hydrogen-bond donors (Lipinski definition) is 0. The van der Waals surface area contributed by atoms with Crippen molar-refractivity contribution in [1.29, 1.82) is 0 Å². The zero-order valence-electron chi connectivity index (χ0n) is 14.2. The van der Waals surface area contributed by atoms with Crippen molar-refractivity contribution in [3.63, 3.8) is 0 Å². The summed E-state index contributed by atoms with van der Waals surface area (Å²) in [7, 11) is -3.49. The predicted molar refractivity (Wildman–Crippen MR) is 86.6 cm³/mol. The number of hydrogen-bond acceptors (Lipinski definition) is 3. The molecule has 0 aromatic rings. The van der Waals surface area contributed by atoms with E-state index in [0.29, 0.717) is 5.92 Å². The number of carbonyl (C=O) groups is 1. The Morgan fingerprint density at radius 1 is 1.32 bits per heavy atom. The largest absolute Gasteiger partial charge is 0.273 e. The third kappa shape index (κ3) is 1.87. The van der Waals surface area contributed by atoms with E-state index in [1.54, 1.807) is 6.92 Å². The van der Waals surface area contributed by atoms with Crippen LogP contribution in [0.2, 0.25) is 0 Å². The maximum atomic E-state index is 12.8. The molecule has 0 aromatic heterocycles. The summed E-state index contributed by atoms with van der Waals surface area (Å²) in [6.07, 6.45) is 4.75. The molecule has 1 aliphatic heterocycles. The van der Waals surface area contributed by atoms with E-state index in [4.69, 9.17) is 0 Å². The molecule has 2 aliphatic carbocycles. The topological polar surface area (TPSA) is 54.5 Å². The number of carbonyl (C=O) groups excluding carboxylic acids is 1. The molecule has 5 heteroatoms. The smallest absolute Gasteiger partial charge is 0.242 e. The molecule has 0 unspecified atom stereocenters. The SMILES string of the molecule is CC(C)=C[C@@H](C)C(=O)N1[C@@H]2C[C@H]3CC[C@]2(CS1(=O)=O)C3(C)C. The van der Waals surface area contributed by atoms with Crippen LogP contribution in [-0.4, -0.2) is 30.4 Å². The van der Waals surface area contributed by atoms with Gasteiger partial charge < -0.3 is 0 Å². The van der Waals surface area contributed by atoms with Gasteiger partial charge in [-0.1, -0.05) is 32.4 Å². The predicted octanol–water partition coefficient (Wildman–Crippen LogP) is 2.96. The molecule has 2 saturated carbocycles. The Morgan fingerprint density at radius 3 is 2.50 bits per heavy atom. The van der Waals surface area contributed by atoms with E-state index in [1.807, 2.05) is 19.9 Å². The zero-order valence-corrected chi connectivity index (χ0v) is 15.0. The molecule has 124 valence electrons.